The quantitative estimate of drug-likeness (QED) is 0.579. The van der Waals surface area contributed by atoms with Gasteiger partial charge in [0, 0.05) is 21.4 Å². The van der Waals surface area contributed by atoms with E-state index in [2.05, 4.69) is 26.2 Å². The van der Waals surface area contributed by atoms with Gasteiger partial charge in [-0.15, -0.1) is 0 Å². The normalized spacial score (nSPS) is 10.2. The number of nitrogens with zero attached hydrogens (tertiary/aromatic N) is 2. The number of aryl methyl sites for hydroxylation is 2. The van der Waals surface area contributed by atoms with E-state index in [9.17, 15) is 14.9 Å². The molecule has 0 spiro atoms. The van der Waals surface area contributed by atoms with Gasteiger partial charge < -0.3 is 5.32 Å². The molecule has 0 aliphatic heterocycles. The molecule has 1 aromatic heterocycles. The molecule has 0 atom stereocenters. The highest BCUT2D eigenvalue weighted by atomic mass is 79.9. The minimum atomic E-state index is -0.189. The summed E-state index contributed by atoms with van der Waals surface area (Å²) in [5, 5.41) is 12.5. The number of nitriles is 1. The van der Waals surface area contributed by atoms with Crippen LogP contribution in [-0.2, 0) is 4.79 Å². The zero-order chi connectivity index (χ0) is 18.6. The number of anilines is 1. The van der Waals surface area contributed by atoms with Crippen LogP contribution in [0.5, 0.6) is 0 Å². The Bertz CT molecular complexity index is 891. The Kier molecular flexibility index (Phi) is 6.34. The standard InChI is InChI=1S/C18H16BrN3O2S/c1-10-6-14(4-5-16(10)19)22-17(24)9-25-18-13(8-20)7-15(12(3)23)11(2)21-18/h4-7H,9H2,1-3H3,(H,22,24). The highest BCUT2D eigenvalue weighted by Crippen LogP contribution is 2.24. The fourth-order valence-electron chi connectivity index (χ4n) is 2.18. The van der Waals surface area contributed by atoms with Crippen LogP contribution in [0, 0.1) is 25.2 Å². The first-order valence-corrected chi connectivity index (χ1v) is 9.21. The summed E-state index contributed by atoms with van der Waals surface area (Å²) in [4.78, 5) is 28.0. The fraction of sp³-hybridized carbons (Fsp3) is 0.222. The van der Waals surface area contributed by atoms with Gasteiger partial charge in [-0.2, -0.15) is 5.26 Å². The second-order valence-electron chi connectivity index (χ2n) is 5.44. The molecule has 0 aliphatic carbocycles. The minimum Gasteiger partial charge on any atom is -0.325 e. The number of carbonyl (C=O) groups excluding carboxylic acids is 2. The van der Waals surface area contributed by atoms with Gasteiger partial charge >= 0.3 is 0 Å². The van der Waals surface area contributed by atoms with E-state index in [-0.39, 0.29) is 17.4 Å². The van der Waals surface area contributed by atoms with Crippen LogP contribution in [0.1, 0.15) is 34.1 Å². The summed E-state index contributed by atoms with van der Waals surface area (Å²) in [6.45, 7) is 5.09. The Hall–Kier alpha value is -2.17. The number of thioether (sulfide) groups is 1. The maximum atomic E-state index is 12.1. The third-order valence-electron chi connectivity index (χ3n) is 3.46. The van der Waals surface area contributed by atoms with Crippen molar-refractivity contribution in [2.24, 2.45) is 0 Å². The molecular formula is C18H16BrN3O2S. The molecule has 0 aliphatic rings. The van der Waals surface area contributed by atoms with E-state index in [0.717, 1.165) is 10.0 Å². The van der Waals surface area contributed by atoms with Gasteiger partial charge in [0.15, 0.2) is 5.78 Å². The average Bonchev–Trinajstić information content (AvgIpc) is 2.56. The van der Waals surface area contributed by atoms with Crippen molar-refractivity contribution < 1.29 is 9.59 Å². The zero-order valence-corrected chi connectivity index (χ0v) is 16.4. The first-order valence-electron chi connectivity index (χ1n) is 7.43. The number of benzene rings is 1. The van der Waals surface area contributed by atoms with Crippen LogP contribution in [0.4, 0.5) is 5.69 Å². The number of ketones is 1. The molecule has 0 unspecified atom stereocenters. The number of hydrogen-bond acceptors (Lipinski definition) is 5. The van der Waals surface area contributed by atoms with E-state index < -0.39 is 0 Å². The summed E-state index contributed by atoms with van der Waals surface area (Å²) in [7, 11) is 0. The third kappa shape index (κ3) is 4.91. The maximum absolute atomic E-state index is 12.1. The molecule has 1 N–H and O–H groups in total. The van der Waals surface area contributed by atoms with E-state index in [1.807, 2.05) is 31.2 Å². The Labute approximate surface area is 159 Å². The van der Waals surface area contributed by atoms with Crippen molar-refractivity contribution in [3.05, 3.63) is 51.1 Å². The van der Waals surface area contributed by atoms with Crippen molar-refractivity contribution in [3.8, 4) is 6.07 Å². The average molecular weight is 418 g/mol. The molecule has 2 rings (SSSR count). The molecule has 1 aromatic carbocycles. The second kappa shape index (κ2) is 8.28. The molecule has 0 saturated carbocycles. The first kappa shape index (κ1) is 19.2. The summed E-state index contributed by atoms with van der Waals surface area (Å²) in [5.41, 5.74) is 3.01. The van der Waals surface area contributed by atoms with Gasteiger partial charge in [-0.3, -0.25) is 9.59 Å². The van der Waals surface area contributed by atoms with E-state index >= 15 is 0 Å². The highest BCUT2D eigenvalue weighted by molar-refractivity contribution is 9.10. The van der Waals surface area contributed by atoms with Gasteiger partial charge in [-0.1, -0.05) is 27.7 Å². The SMILES string of the molecule is CC(=O)c1cc(C#N)c(SCC(=O)Nc2ccc(Br)c(C)c2)nc1C. The lowest BCUT2D eigenvalue weighted by atomic mass is 10.1. The fourth-order valence-corrected chi connectivity index (χ4v) is 3.23. The van der Waals surface area contributed by atoms with Crippen molar-refractivity contribution >= 4 is 45.1 Å². The Morgan fingerprint density at radius 3 is 2.64 bits per heavy atom. The molecule has 1 amide bonds. The number of aromatic nitrogens is 1. The van der Waals surface area contributed by atoms with Gasteiger partial charge in [0.25, 0.3) is 0 Å². The van der Waals surface area contributed by atoms with Gasteiger partial charge in [0.1, 0.15) is 11.1 Å². The Morgan fingerprint density at radius 2 is 2.04 bits per heavy atom. The van der Waals surface area contributed by atoms with Crippen LogP contribution in [0.15, 0.2) is 33.8 Å². The molecule has 7 heteroatoms. The van der Waals surface area contributed by atoms with Crippen LogP contribution in [0.3, 0.4) is 0 Å². The molecule has 5 nitrogen and oxygen atoms in total. The number of nitrogens with one attached hydrogen (secondary N) is 1. The molecule has 0 bridgehead atoms. The first-order chi connectivity index (χ1) is 11.8. The predicted octanol–water partition coefficient (Wildman–Crippen LogP) is 4.27. The van der Waals surface area contributed by atoms with Crippen molar-refractivity contribution in [1.29, 1.82) is 5.26 Å². The van der Waals surface area contributed by atoms with E-state index in [1.54, 1.807) is 6.92 Å². The summed E-state index contributed by atoms with van der Waals surface area (Å²) in [5.74, 6) is -0.206. The van der Waals surface area contributed by atoms with Crippen LogP contribution in [0.25, 0.3) is 0 Å². The molecule has 2 aromatic rings. The van der Waals surface area contributed by atoms with E-state index in [1.165, 1.54) is 24.8 Å². The maximum Gasteiger partial charge on any atom is 0.234 e. The summed E-state index contributed by atoms with van der Waals surface area (Å²) < 4.78 is 0.976. The lowest BCUT2D eigenvalue weighted by molar-refractivity contribution is -0.113. The topological polar surface area (TPSA) is 82.8 Å². The van der Waals surface area contributed by atoms with Gasteiger partial charge in [-0.25, -0.2) is 4.98 Å². The largest absolute Gasteiger partial charge is 0.325 e. The minimum absolute atomic E-state index is 0.121. The number of rotatable bonds is 5. The number of carbonyl (C=O) groups is 2. The number of amides is 1. The number of hydrogen-bond donors (Lipinski definition) is 1. The third-order valence-corrected chi connectivity index (χ3v) is 5.34. The summed E-state index contributed by atoms with van der Waals surface area (Å²) in [6.07, 6.45) is 0. The highest BCUT2D eigenvalue weighted by Gasteiger charge is 2.14. The molecule has 25 heavy (non-hydrogen) atoms. The van der Waals surface area contributed by atoms with Gasteiger partial charge in [0.05, 0.1) is 11.3 Å². The number of Topliss-reactive ketones (excluding diaryl/α,β-unsaturated/α-hetero) is 1. The Morgan fingerprint density at radius 1 is 1.32 bits per heavy atom. The molecule has 1 heterocycles. The predicted molar refractivity (Wildman–Crippen MR) is 102 cm³/mol. The monoisotopic (exact) mass is 417 g/mol. The lowest BCUT2D eigenvalue weighted by Gasteiger charge is -2.09. The molecule has 0 radical (unpaired) electrons. The van der Waals surface area contributed by atoms with Gasteiger partial charge in [0.2, 0.25) is 5.91 Å². The van der Waals surface area contributed by atoms with E-state index in [4.69, 9.17) is 0 Å². The van der Waals surface area contributed by atoms with Crippen LogP contribution in [0.2, 0.25) is 0 Å². The van der Waals surface area contributed by atoms with Crippen LogP contribution < -0.4 is 5.32 Å². The van der Waals surface area contributed by atoms with Gasteiger partial charge in [-0.05, 0) is 50.6 Å². The smallest absolute Gasteiger partial charge is 0.234 e. The van der Waals surface area contributed by atoms with E-state index in [0.29, 0.717) is 27.5 Å². The molecule has 128 valence electrons. The summed E-state index contributed by atoms with van der Waals surface area (Å²) >= 11 is 4.59. The van der Waals surface area contributed by atoms with Crippen LogP contribution in [-0.4, -0.2) is 22.4 Å². The molecular weight excluding hydrogens is 402 g/mol. The van der Waals surface area contributed by atoms with Crippen molar-refractivity contribution in [2.45, 2.75) is 25.8 Å². The molecule has 0 fully saturated rings. The number of pyridine rings is 1. The summed E-state index contributed by atoms with van der Waals surface area (Å²) in [6, 6.07) is 9.12. The van der Waals surface area contributed by atoms with Crippen molar-refractivity contribution in [1.82, 2.24) is 4.98 Å². The van der Waals surface area contributed by atoms with Crippen LogP contribution >= 0.6 is 27.7 Å². The lowest BCUT2D eigenvalue weighted by Crippen LogP contribution is -2.14. The number of halogens is 1. The Balaban J connectivity index is 2.09. The zero-order valence-electron chi connectivity index (χ0n) is 14.0. The molecule has 0 saturated heterocycles. The van der Waals surface area contributed by atoms with Crippen molar-refractivity contribution in [3.63, 3.8) is 0 Å². The second-order valence-corrected chi connectivity index (χ2v) is 7.26. The van der Waals surface area contributed by atoms with Crippen molar-refractivity contribution in [2.75, 3.05) is 11.1 Å².